The second-order valence-electron chi connectivity index (χ2n) is 8.52. The molecule has 0 unspecified atom stereocenters. The Labute approximate surface area is 200 Å². The zero-order chi connectivity index (χ0) is 24.7. The second kappa shape index (κ2) is 11.6. The highest BCUT2D eigenvalue weighted by atomic mass is 16.5. The predicted octanol–water partition coefficient (Wildman–Crippen LogP) is 1.81. The highest BCUT2D eigenvalue weighted by molar-refractivity contribution is 5.97. The number of rotatable bonds is 6. The number of hydrogen-bond acceptors (Lipinski definition) is 6. The van der Waals surface area contributed by atoms with Gasteiger partial charge in [-0.05, 0) is 25.1 Å². The summed E-state index contributed by atoms with van der Waals surface area (Å²) in [5.41, 5.74) is 1.71. The van der Waals surface area contributed by atoms with Crippen LogP contribution < -0.4 is 4.74 Å². The summed E-state index contributed by atoms with van der Waals surface area (Å²) in [5.74, 6) is 5.74. The van der Waals surface area contributed by atoms with Gasteiger partial charge in [0.25, 0.3) is 5.91 Å². The number of ether oxygens (including phenoxy) is 2. The quantitative estimate of drug-likeness (QED) is 0.655. The zero-order valence-electron chi connectivity index (χ0n) is 20.0. The lowest BCUT2D eigenvalue weighted by molar-refractivity contribution is -0.135. The number of methoxy groups -OCH3 is 1. The molecular formula is C26H31N3O5. The number of fused-ring (bicyclic) bond motifs is 1. The fourth-order valence-electron chi connectivity index (χ4n) is 3.66. The maximum absolute atomic E-state index is 13.4. The molecule has 2 amide bonds. The van der Waals surface area contributed by atoms with Gasteiger partial charge in [0.05, 0.1) is 19.2 Å². The normalized spacial score (nSPS) is 18.5. The molecule has 8 nitrogen and oxygen atoms in total. The lowest BCUT2D eigenvalue weighted by Crippen LogP contribution is -2.50. The SMILES string of the molecule is COCC(=O)N(C)C[C@H]1Oc2ncc(C#Cc3ccccc3)cc2C(=O)N([C@H](C)CO)C[C@H]1C. The lowest BCUT2D eigenvalue weighted by Gasteiger charge is -2.37. The number of aromatic nitrogens is 1. The first kappa shape index (κ1) is 25.2. The van der Waals surface area contributed by atoms with Gasteiger partial charge in [0.1, 0.15) is 18.3 Å². The minimum Gasteiger partial charge on any atom is -0.472 e. The van der Waals surface area contributed by atoms with Crippen molar-refractivity contribution < 1.29 is 24.2 Å². The van der Waals surface area contributed by atoms with Crippen LogP contribution in [0.1, 0.15) is 35.3 Å². The van der Waals surface area contributed by atoms with Crippen LogP contribution in [0.2, 0.25) is 0 Å². The van der Waals surface area contributed by atoms with E-state index in [0.717, 1.165) is 5.56 Å². The van der Waals surface area contributed by atoms with E-state index in [1.807, 2.05) is 37.3 Å². The van der Waals surface area contributed by atoms with Crippen molar-refractivity contribution in [3.8, 4) is 17.7 Å². The van der Waals surface area contributed by atoms with Crippen LogP contribution in [0, 0.1) is 17.8 Å². The zero-order valence-corrected chi connectivity index (χ0v) is 20.0. The van der Waals surface area contributed by atoms with E-state index in [4.69, 9.17) is 9.47 Å². The number of aliphatic hydroxyl groups excluding tert-OH is 1. The molecule has 1 aromatic heterocycles. The molecule has 0 aliphatic carbocycles. The van der Waals surface area contributed by atoms with Gasteiger partial charge in [-0.1, -0.05) is 37.0 Å². The molecule has 1 aliphatic heterocycles. The van der Waals surface area contributed by atoms with E-state index >= 15 is 0 Å². The Morgan fingerprint density at radius 3 is 2.71 bits per heavy atom. The van der Waals surface area contributed by atoms with E-state index in [9.17, 15) is 14.7 Å². The molecule has 0 radical (unpaired) electrons. The Morgan fingerprint density at radius 1 is 1.32 bits per heavy atom. The van der Waals surface area contributed by atoms with Gasteiger partial charge in [-0.2, -0.15) is 0 Å². The lowest BCUT2D eigenvalue weighted by atomic mass is 10.00. The summed E-state index contributed by atoms with van der Waals surface area (Å²) in [4.78, 5) is 33.3. The first-order valence-corrected chi connectivity index (χ1v) is 11.2. The predicted molar refractivity (Wildman–Crippen MR) is 127 cm³/mol. The van der Waals surface area contributed by atoms with Gasteiger partial charge in [-0.25, -0.2) is 4.98 Å². The third kappa shape index (κ3) is 6.13. The Hall–Kier alpha value is -3.41. The Morgan fingerprint density at radius 2 is 2.03 bits per heavy atom. The van der Waals surface area contributed by atoms with Gasteiger partial charge in [-0.3, -0.25) is 9.59 Å². The average molecular weight is 466 g/mol. The van der Waals surface area contributed by atoms with Crippen LogP contribution in [0.3, 0.4) is 0 Å². The van der Waals surface area contributed by atoms with Gasteiger partial charge >= 0.3 is 0 Å². The highest BCUT2D eigenvalue weighted by Gasteiger charge is 2.34. The minimum absolute atomic E-state index is 0.0258. The fourth-order valence-corrected chi connectivity index (χ4v) is 3.66. The average Bonchev–Trinajstić information content (AvgIpc) is 2.85. The van der Waals surface area contributed by atoms with Crippen molar-refractivity contribution in [3.05, 3.63) is 59.3 Å². The molecule has 0 saturated carbocycles. The van der Waals surface area contributed by atoms with Crippen LogP contribution in [-0.4, -0.2) is 84.3 Å². The number of amides is 2. The summed E-state index contributed by atoms with van der Waals surface area (Å²) in [5, 5.41) is 9.78. The van der Waals surface area contributed by atoms with Crippen molar-refractivity contribution in [2.24, 2.45) is 5.92 Å². The molecule has 2 heterocycles. The van der Waals surface area contributed by atoms with E-state index < -0.39 is 12.1 Å². The molecule has 1 aromatic carbocycles. The summed E-state index contributed by atoms with van der Waals surface area (Å²) < 4.78 is 11.1. The minimum atomic E-state index is -0.417. The smallest absolute Gasteiger partial charge is 0.259 e. The standard InChI is InChI=1S/C26H31N3O5/c1-18-14-29(19(2)16-30)26(32)22-12-21(11-10-20-8-6-5-7-9-20)13-27-25(22)34-23(18)15-28(3)24(31)17-33-4/h5-9,12-13,18-19,23,30H,14-17H2,1-4H3/t18-,19-,23-/m1/s1. The van der Waals surface area contributed by atoms with E-state index in [1.165, 1.54) is 7.11 Å². The van der Waals surface area contributed by atoms with Crippen molar-refractivity contribution in [2.45, 2.75) is 26.0 Å². The molecule has 0 fully saturated rings. The molecule has 0 bridgehead atoms. The van der Waals surface area contributed by atoms with Crippen LogP contribution in [-0.2, 0) is 9.53 Å². The monoisotopic (exact) mass is 465 g/mol. The molecule has 3 rings (SSSR count). The van der Waals surface area contributed by atoms with Gasteiger partial charge in [0, 0.05) is 43.9 Å². The molecule has 3 atom stereocenters. The maximum atomic E-state index is 13.4. The first-order chi connectivity index (χ1) is 16.3. The molecule has 0 saturated heterocycles. The van der Waals surface area contributed by atoms with E-state index in [1.54, 1.807) is 36.0 Å². The molecule has 34 heavy (non-hydrogen) atoms. The number of pyridine rings is 1. The van der Waals surface area contributed by atoms with Crippen molar-refractivity contribution in [1.82, 2.24) is 14.8 Å². The molecule has 0 spiro atoms. The van der Waals surface area contributed by atoms with Crippen molar-refractivity contribution in [2.75, 3.05) is 40.5 Å². The molecule has 8 heteroatoms. The van der Waals surface area contributed by atoms with Crippen molar-refractivity contribution in [1.29, 1.82) is 0 Å². The third-order valence-corrected chi connectivity index (χ3v) is 5.79. The Kier molecular flexibility index (Phi) is 8.63. The number of aliphatic hydroxyl groups is 1. The van der Waals surface area contributed by atoms with E-state index in [0.29, 0.717) is 18.7 Å². The second-order valence-corrected chi connectivity index (χ2v) is 8.52. The van der Waals surface area contributed by atoms with Crippen LogP contribution in [0.15, 0.2) is 42.6 Å². The largest absolute Gasteiger partial charge is 0.472 e. The Balaban J connectivity index is 1.96. The summed E-state index contributed by atoms with van der Waals surface area (Å²) >= 11 is 0. The van der Waals surface area contributed by atoms with Crippen molar-refractivity contribution in [3.63, 3.8) is 0 Å². The maximum Gasteiger partial charge on any atom is 0.259 e. The molecule has 2 aromatic rings. The van der Waals surface area contributed by atoms with Crippen LogP contribution >= 0.6 is 0 Å². The number of carbonyl (C=O) groups is 2. The highest BCUT2D eigenvalue weighted by Crippen LogP contribution is 2.27. The van der Waals surface area contributed by atoms with Gasteiger partial charge in [-0.15, -0.1) is 0 Å². The summed E-state index contributed by atoms with van der Waals surface area (Å²) in [6, 6.07) is 10.8. The summed E-state index contributed by atoms with van der Waals surface area (Å²) in [7, 11) is 3.16. The third-order valence-electron chi connectivity index (χ3n) is 5.79. The number of benzene rings is 1. The van der Waals surface area contributed by atoms with Crippen molar-refractivity contribution >= 4 is 11.8 Å². The van der Waals surface area contributed by atoms with Gasteiger partial charge in [0.2, 0.25) is 11.8 Å². The van der Waals surface area contributed by atoms with Gasteiger partial charge in [0.15, 0.2) is 0 Å². The fraction of sp³-hybridized carbons (Fsp3) is 0.423. The number of hydrogen-bond donors (Lipinski definition) is 1. The molecule has 180 valence electrons. The first-order valence-electron chi connectivity index (χ1n) is 11.2. The molecule has 1 aliphatic rings. The molecule has 1 N–H and O–H groups in total. The number of likely N-dealkylation sites (N-methyl/N-ethyl adjacent to an activating group) is 1. The molecular weight excluding hydrogens is 434 g/mol. The number of nitrogens with zero attached hydrogens (tertiary/aromatic N) is 3. The Bertz CT molecular complexity index is 1060. The van der Waals surface area contributed by atoms with Gasteiger partial charge < -0.3 is 24.4 Å². The van der Waals surface area contributed by atoms with E-state index in [2.05, 4.69) is 16.8 Å². The van der Waals surface area contributed by atoms with E-state index in [-0.39, 0.29) is 42.4 Å². The topological polar surface area (TPSA) is 92.2 Å². The van der Waals surface area contributed by atoms with Crippen LogP contribution in [0.25, 0.3) is 0 Å². The summed E-state index contributed by atoms with van der Waals surface area (Å²) in [6.45, 7) is 4.21. The van der Waals surface area contributed by atoms with Crippen LogP contribution in [0.4, 0.5) is 0 Å². The van der Waals surface area contributed by atoms with Crippen LogP contribution in [0.5, 0.6) is 5.88 Å². The number of carbonyl (C=O) groups excluding carboxylic acids is 2. The summed E-state index contributed by atoms with van der Waals surface area (Å²) in [6.07, 6.45) is 1.16.